The van der Waals surface area contributed by atoms with Crippen molar-refractivity contribution in [2.45, 2.75) is 24.2 Å². The molecular formula is C17H16ClNO3S. The molecule has 0 bridgehead atoms. The standard InChI is InChI=1S/C17H16ClNO3S/c1-12-2-8-16(9-3-12)23(21,22)19-11-14(10-17(19)20)13-4-6-15(18)7-5-13/h2-9,14H,10-11H2,1H3/t14-/m0/s1. The van der Waals surface area contributed by atoms with Crippen LogP contribution in [0.3, 0.4) is 0 Å². The van der Waals surface area contributed by atoms with Crippen LogP contribution in [0.1, 0.15) is 23.5 Å². The van der Waals surface area contributed by atoms with E-state index in [-0.39, 0.29) is 29.7 Å². The van der Waals surface area contributed by atoms with E-state index < -0.39 is 10.0 Å². The lowest BCUT2D eigenvalue weighted by atomic mass is 9.99. The second-order valence-corrected chi connectivity index (χ2v) is 7.99. The summed E-state index contributed by atoms with van der Waals surface area (Å²) in [6.07, 6.45) is 0.187. The van der Waals surface area contributed by atoms with E-state index in [0.29, 0.717) is 5.02 Å². The third-order valence-corrected chi connectivity index (χ3v) is 6.09. The van der Waals surface area contributed by atoms with Gasteiger partial charge in [0.05, 0.1) is 4.90 Å². The van der Waals surface area contributed by atoms with Crippen LogP contribution in [0.2, 0.25) is 5.02 Å². The third-order valence-electron chi connectivity index (χ3n) is 4.04. The second-order valence-electron chi connectivity index (χ2n) is 5.70. The van der Waals surface area contributed by atoms with Gasteiger partial charge in [0.1, 0.15) is 0 Å². The Morgan fingerprint density at radius 1 is 1.04 bits per heavy atom. The van der Waals surface area contributed by atoms with E-state index in [0.717, 1.165) is 15.4 Å². The molecule has 2 aromatic carbocycles. The number of carbonyl (C=O) groups is 1. The average molecular weight is 350 g/mol. The number of carbonyl (C=O) groups excluding carboxylic acids is 1. The summed E-state index contributed by atoms with van der Waals surface area (Å²) < 4.78 is 26.3. The summed E-state index contributed by atoms with van der Waals surface area (Å²) in [5, 5.41) is 0.613. The van der Waals surface area contributed by atoms with E-state index in [1.807, 2.05) is 19.1 Å². The van der Waals surface area contributed by atoms with Gasteiger partial charge in [-0.3, -0.25) is 4.79 Å². The van der Waals surface area contributed by atoms with Crippen molar-refractivity contribution in [3.05, 3.63) is 64.7 Å². The predicted molar refractivity (Wildman–Crippen MR) is 88.9 cm³/mol. The zero-order valence-corrected chi connectivity index (χ0v) is 14.1. The first kappa shape index (κ1) is 16.0. The zero-order chi connectivity index (χ0) is 16.6. The van der Waals surface area contributed by atoms with Crippen molar-refractivity contribution in [2.75, 3.05) is 6.54 Å². The Morgan fingerprint density at radius 3 is 2.26 bits per heavy atom. The fourth-order valence-electron chi connectivity index (χ4n) is 2.71. The van der Waals surface area contributed by atoms with Crippen LogP contribution >= 0.6 is 11.6 Å². The Kier molecular flexibility index (Phi) is 4.17. The van der Waals surface area contributed by atoms with Crippen LogP contribution in [0.5, 0.6) is 0 Å². The fraction of sp³-hybridized carbons (Fsp3) is 0.235. The molecule has 6 heteroatoms. The first-order valence-electron chi connectivity index (χ1n) is 7.25. The highest BCUT2D eigenvalue weighted by molar-refractivity contribution is 7.89. The fourth-order valence-corrected chi connectivity index (χ4v) is 4.29. The zero-order valence-electron chi connectivity index (χ0n) is 12.6. The molecule has 1 aliphatic rings. The molecule has 1 fully saturated rings. The van der Waals surface area contributed by atoms with Gasteiger partial charge in [0.2, 0.25) is 5.91 Å². The molecule has 0 saturated carbocycles. The number of nitrogens with zero attached hydrogens (tertiary/aromatic N) is 1. The lowest BCUT2D eigenvalue weighted by Crippen LogP contribution is -2.32. The van der Waals surface area contributed by atoms with Gasteiger partial charge in [0, 0.05) is 23.9 Å². The number of halogens is 1. The van der Waals surface area contributed by atoms with E-state index >= 15 is 0 Å². The van der Waals surface area contributed by atoms with E-state index in [1.165, 1.54) is 12.1 Å². The lowest BCUT2D eigenvalue weighted by Gasteiger charge is -2.17. The summed E-state index contributed by atoms with van der Waals surface area (Å²) in [6, 6.07) is 13.7. The van der Waals surface area contributed by atoms with E-state index in [1.54, 1.807) is 24.3 Å². The smallest absolute Gasteiger partial charge is 0.266 e. The van der Waals surface area contributed by atoms with Crippen molar-refractivity contribution in [1.29, 1.82) is 0 Å². The molecule has 1 saturated heterocycles. The normalized spacial score (nSPS) is 18.4. The molecule has 0 aromatic heterocycles. The Morgan fingerprint density at radius 2 is 1.65 bits per heavy atom. The molecule has 3 rings (SSSR count). The minimum absolute atomic E-state index is 0.139. The quantitative estimate of drug-likeness (QED) is 0.853. The molecule has 1 aliphatic heterocycles. The van der Waals surface area contributed by atoms with Crippen molar-refractivity contribution in [1.82, 2.24) is 4.31 Å². The van der Waals surface area contributed by atoms with Gasteiger partial charge in [-0.15, -0.1) is 0 Å². The van der Waals surface area contributed by atoms with Crippen molar-refractivity contribution in [2.24, 2.45) is 0 Å². The number of aryl methyl sites for hydroxylation is 1. The Hall–Kier alpha value is -1.85. The third kappa shape index (κ3) is 3.12. The van der Waals surface area contributed by atoms with Crippen LogP contribution in [0.15, 0.2) is 53.4 Å². The average Bonchev–Trinajstić information content (AvgIpc) is 2.91. The van der Waals surface area contributed by atoms with E-state index in [9.17, 15) is 13.2 Å². The molecule has 1 amide bonds. The Bertz CT molecular complexity index is 829. The van der Waals surface area contributed by atoms with Crippen LogP contribution in [-0.2, 0) is 14.8 Å². The molecule has 120 valence electrons. The van der Waals surface area contributed by atoms with Gasteiger partial charge in [-0.05, 0) is 36.8 Å². The molecule has 0 aliphatic carbocycles. The maximum Gasteiger partial charge on any atom is 0.266 e. The summed E-state index contributed by atoms with van der Waals surface area (Å²) in [5.74, 6) is -0.509. The minimum atomic E-state index is -3.80. The highest BCUT2D eigenvalue weighted by atomic mass is 35.5. The molecule has 4 nitrogen and oxygen atoms in total. The highest BCUT2D eigenvalue weighted by Gasteiger charge is 2.38. The molecule has 1 atom stereocenters. The van der Waals surface area contributed by atoms with E-state index in [4.69, 9.17) is 11.6 Å². The largest absolute Gasteiger partial charge is 0.274 e. The number of sulfonamides is 1. The molecule has 0 N–H and O–H groups in total. The second kappa shape index (κ2) is 5.98. The number of hydrogen-bond donors (Lipinski definition) is 0. The minimum Gasteiger partial charge on any atom is -0.274 e. The molecule has 0 spiro atoms. The summed E-state index contributed by atoms with van der Waals surface area (Å²) in [6.45, 7) is 2.05. The van der Waals surface area contributed by atoms with Gasteiger partial charge < -0.3 is 0 Å². The van der Waals surface area contributed by atoms with Gasteiger partial charge in [0.15, 0.2) is 0 Å². The monoisotopic (exact) mass is 349 g/mol. The van der Waals surface area contributed by atoms with Crippen LogP contribution in [-0.4, -0.2) is 25.2 Å². The maximum absolute atomic E-state index is 12.7. The first-order valence-corrected chi connectivity index (χ1v) is 9.07. The topological polar surface area (TPSA) is 54.5 Å². The summed E-state index contributed by atoms with van der Waals surface area (Å²) in [4.78, 5) is 12.4. The molecular weight excluding hydrogens is 334 g/mol. The number of hydrogen-bond acceptors (Lipinski definition) is 3. The van der Waals surface area contributed by atoms with Crippen LogP contribution in [0, 0.1) is 6.92 Å². The molecule has 23 heavy (non-hydrogen) atoms. The van der Waals surface area contributed by atoms with Crippen LogP contribution in [0.25, 0.3) is 0 Å². The molecule has 0 unspecified atom stereocenters. The molecule has 0 radical (unpaired) electrons. The predicted octanol–water partition coefficient (Wildman–Crippen LogP) is 3.35. The Balaban J connectivity index is 1.87. The number of rotatable bonds is 3. The maximum atomic E-state index is 12.7. The van der Waals surface area contributed by atoms with Gasteiger partial charge in [-0.2, -0.15) is 0 Å². The van der Waals surface area contributed by atoms with Gasteiger partial charge in [-0.25, -0.2) is 12.7 Å². The Labute approximate surface area is 140 Å². The number of benzene rings is 2. The van der Waals surface area contributed by atoms with Crippen molar-refractivity contribution in [3.8, 4) is 0 Å². The van der Waals surface area contributed by atoms with Crippen LogP contribution in [0.4, 0.5) is 0 Å². The van der Waals surface area contributed by atoms with Gasteiger partial charge >= 0.3 is 0 Å². The molecule has 2 aromatic rings. The van der Waals surface area contributed by atoms with Crippen LogP contribution < -0.4 is 0 Å². The van der Waals surface area contributed by atoms with E-state index in [2.05, 4.69) is 0 Å². The van der Waals surface area contributed by atoms with Crippen molar-refractivity contribution < 1.29 is 13.2 Å². The first-order chi connectivity index (χ1) is 10.9. The SMILES string of the molecule is Cc1ccc(S(=O)(=O)N2C[C@@H](c3ccc(Cl)cc3)CC2=O)cc1. The number of amides is 1. The van der Waals surface area contributed by atoms with Gasteiger partial charge in [-0.1, -0.05) is 41.4 Å². The van der Waals surface area contributed by atoms with Crippen molar-refractivity contribution >= 4 is 27.5 Å². The van der Waals surface area contributed by atoms with Gasteiger partial charge in [0.25, 0.3) is 10.0 Å². The molecule has 1 heterocycles. The summed E-state index contributed by atoms with van der Waals surface area (Å²) in [7, 11) is -3.80. The summed E-state index contributed by atoms with van der Waals surface area (Å²) in [5.41, 5.74) is 1.89. The highest BCUT2D eigenvalue weighted by Crippen LogP contribution is 2.32. The van der Waals surface area contributed by atoms with Crippen molar-refractivity contribution in [3.63, 3.8) is 0 Å². The summed E-state index contributed by atoms with van der Waals surface area (Å²) >= 11 is 5.87. The lowest BCUT2D eigenvalue weighted by molar-refractivity contribution is -0.123.